The molecule has 2 aliphatic rings. The van der Waals surface area contributed by atoms with Crippen molar-refractivity contribution in [3.05, 3.63) is 94.4 Å². The van der Waals surface area contributed by atoms with Crippen molar-refractivity contribution in [2.45, 2.75) is 25.4 Å². The van der Waals surface area contributed by atoms with E-state index in [1.165, 1.54) is 29.2 Å². The fourth-order valence-electron chi connectivity index (χ4n) is 5.89. The van der Waals surface area contributed by atoms with Gasteiger partial charge in [0.15, 0.2) is 11.6 Å². The van der Waals surface area contributed by atoms with E-state index in [1.54, 1.807) is 13.0 Å². The van der Waals surface area contributed by atoms with Crippen molar-refractivity contribution >= 4 is 22.5 Å². The zero-order valence-corrected chi connectivity index (χ0v) is 23.2. The van der Waals surface area contributed by atoms with Crippen molar-refractivity contribution in [3.8, 4) is 17.3 Å². The Kier molecular flexibility index (Phi) is 6.68. The van der Waals surface area contributed by atoms with Gasteiger partial charge in [-0.05, 0) is 60.4 Å². The number of carbonyl (C=O) groups is 1. The molecule has 0 aliphatic carbocycles. The van der Waals surface area contributed by atoms with Gasteiger partial charge in [-0.2, -0.15) is 5.10 Å². The number of aryl methyl sites for hydroxylation is 1. The molecule has 10 nitrogen and oxygen atoms in total. The number of H-pyrrole nitrogens is 1. The van der Waals surface area contributed by atoms with Crippen LogP contribution in [0.1, 0.15) is 38.8 Å². The molecule has 0 radical (unpaired) electrons. The summed E-state index contributed by atoms with van der Waals surface area (Å²) in [5.41, 5.74) is 11.1. The van der Waals surface area contributed by atoms with Crippen molar-refractivity contribution in [2.24, 2.45) is 0 Å². The van der Waals surface area contributed by atoms with Crippen molar-refractivity contribution in [1.82, 2.24) is 24.6 Å². The number of para-hydroxylation sites is 1. The predicted octanol–water partition coefficient (Wildman–Crippen LogP) is 4.23. The van der Waals surface area contributed by atoms with Gasteiger partial charge >= 0.3 is 0 Å². The molecule has 2 aromatic carbocycles. The lowest BCUT2D eigenvalue weighted by molar-refractivity contribution is -0.0888. The summed E-state index contributed by atoms with van der Waals surface area (Å²) in [5, 5.41) is 15.4. The maximum atomic E-state index is 14.0. The van der Waals surface area contributed by atoms with Crippen molar-refractivity contribution in [2.75, 3.05) is 32.1 Å². The molecule has 5 aromatic rings. The lowest BCUT2D eigenvalue weighted by Gasteiger charge is -2.44. The van der Waals surface area contributed by atoms with Crippen LogP contribution in [0.5, 0.6) is 11.6 Å². The smallest absolute Gasteiger partial charge is 0.219 e. The van der Waals surface area contributed by atoms with Crippen LogP contribution in [0.4, 0.5) is 14.6 Å². The number of benzene rings is 2. The number of aromatic amines is 1. The minimum atomic E-state index is -0.848. The van der Waals surface area contributed by atoms with Gasteiger partial charge in [0.1, 0.15) is 5.82 Å². The molecule has 7 rings (SSSR count). The average molecular weight is 587 g/mol. The summed E-state index contributed by atoms with van der Waals surface area (Å²) in [4.78, 5) is 23.3. The van der Waals surface area contributed by atoms with Gasteiger partial charge < -0.3 is 25.3 Å². The number of hydrogen-bond donors (Lipinski definition) is 3. The lowest BCUT2D eigenvalue weighted by atomic mass is 9.90. The Hall–Kier alpha value is -4.65. The van der Waals surface area contributed by atoms with E-state index >= 15 is 0 Å². The highest BCUT2D eigenvalue weighted by Crippen LogP contribution is 2.36. The summed E-state index contributed by atoms with van der Waals surface area (Å²) in [6.45, 7) is 3.92. The van der Waals surface area contributed by atoms with Crippen LogP contribution in [-0.2, 0) is 11.2 Å². The molecule has 0 saturated carbocycles. The second-order valence-corrected chi connectivity index (χ2v) is 10.8. The second kappa shape index (κ2) is 10.6. The molecule has 1 saturated heterocycles. The molecule has 0 spiro atoms. The van der Waals surface area contributed by atoms with Gasteiger partial charge in [0.25, 0.3) is 0 Å². The summed E-state index contributed by atoms with van der Waals surface area (Å²) >= 11 is 0. The predicted molar refractivity (Wildman–Crippen MR) is 154 cm³/mol. The maximum Gasteiger partial charge on any atom is 0.219 e. The van der Waals surface area contributed by atoms with E-state index in [4.69, 9.17) is 15.2 Å². The number of anilines is 1. The molecular weight excluding hydrogens is 558 g/mol. The second-order valence-electron chi connectivity index (χ2n) is 10.8. The van der Waals surface area contributed by atoms with Gasteiger partial charge in [-0.15, -0.1) is 0 Å². The number of pyridine rings is 1. The first-order chi connectivity index (χ1) is 20.8. The number of aliphatic hydroxyl groups excluding tert-OH is 1. The molecule has 1 fully saturated rings. The van der Waals surface area contributed by atoms with Gasteiger partial charge in [-0.25, -0.2) is 18.4 Å². The Bertz CT molecular complexity index is 1860. The minimum absolute atomic E-state index is 0.00233. The molecule has 43 heavy (non-hydrogen) atoms. The number of ketones is 1. The van der Waals surface area contributed by atoms with Crippen LogP contribution < -0.4 is 10.5 Å². The number of carbonyl (C=O) groups excluding carboxylic acids is 1. The third-order valence-electron chi connectivity index (χ3n) is 8.25. The third-order valence-corrected chi connectivity index (χ3v) is 8.25. The Labute approximate surface area is 244 Å². The van der Waals surface area contributed by atoms with Gasteiger partial charge in [0.2, 0.25) is 17.4 Å². The van der Waals surface area contributed by atoms with Crippen LogP contribution in [0.25, 0.3) is 16.6 Å². The fourth-order valence-corrected chi connectivity index (χ4v) is 5.89. The van der Waals surface area contributed by atoms with E-state index in [2.05, 4.69) is 26.0 Å². The quantitative estimate of drug-likeness (QED) is 0.242. The number of nitrogens with zero attached hydrogens (tertiary/aromatic N) is 4. The number of aromatic nitrogens is 4. The number of ether oxygens (including phenoxy) is 2. The average Bonchev–Trinajstić information content (AvgIpc) is 3.55. The highest BCUT2D eigenvalue weighted by Gasteiger charge is 2.36. The first kappa shape index (κ1) is 27.2. The van der Waals surface area contributed by atoms with E-state index in [-0.39, 0.29) is 35.7 Å². The van der Waals surface area contributed by atoms with E-state index in [0.29, 0.717) is 36.2 Å². The molecule has 2 aliphatic heterocycles. The zero-order chi connectivity index (χ0) is 29.8. The Balaban J connectivity index is 1.15. The van der Waals surface area contributed by atoms with Crippen molar-refractivity contribution < 1.29 is 28.2 Å². The van der Waals surface area contributed by atoms with Gasteiger partial charge in [0.05, 0.1) is 61.2 Å². The topological polar surface area (TPSA) is 132 Å². The molecule has 0 bridgehead atoms. The summed E-state index contributed by atoms with van der Waals surface area (Å²) < 4.78 is 40.1. The molecular formula is C31H28F2N6O4. The molecule has 220 valence electrons. The Morgan fingerprint density at radius 1 is 1.19 bits per heavy atom. The Morgan fingerprint density at radius 2 is 1.98 bits per heavy atom. The maximum absolute atomic E-state index is 14.0. The summed E-state index contributed by atoms with van der Waals surface area (Å²) in [6.07, 6.45) is 3.64. The number of nitrogen functional groups attached to an aromatic ring is 1. The SMILES string of the molecule is Cc1cc(Oc2c(F)cccc2F)ncc1-n1ncc(C(=O)c2cc3cc4c(cc3[nH]2)CCN(C2COC2)C4CO)c1N. The largest absolute Gasteiger partial charge is 0.433 e. The number of nitrogens with one attached hydrogen (secondary N) is 1. The number of aliphatic hydroxyl groups is 1. The van der Waals surface area contributed by atoms with Crippen molar-refractivity contribution in [3.63, 3.8) is 0 Å². The van der Waals surface area contributed by atoms with Crippen LogP contribution in [0, 0.1) is 18.6 Å². The molecule has 1 atom stereocenters. The van der Waals surface area contributed by atoms with Gasteiger partial charge in [0, 0.05) is 23.5 Å². The number of rotatable bonds is 7. The van der Waals surface area contributed by atoms with Crippen LogP contribution in [0.3, 0.4) is 0 Å². The number of halogens is 2. The van der Waals surface area contributed by atoms with E-state index in [0.717, 1.165) is 47.1 Å². The van der Waals surface area contributed by atoms with Crippen LogP contribution in [0.15, 0.2) is 54.9 Å². The van der Waals surface area contributed by atoms with E-state index in [1.807, 2.05) is 6.07 Å². The molecule has 1 unspecified atom stereocenters. The first-order valence-corrected chi connectivity index (χ1v) is 13.9. The molecule has 0 amide bonds. The highest BCUT2D eigenvalue weighted by atomic mass is 19.1. The normalized spacial score (nSPS) is 17.2. The minimum Gasteiger partial charge on any atom is -0.433 e. The molecule has 5 heterocycles. The monoisotopic (exact) mass is 586 g/mol. The van der Waals surface area contributed by atoms with Gasteiger partial charge in [-0.1, -0.05) is 6.07 Å². The van der Waals surface area contributed by atoms with E-state index < -0.39 is 17.4 Å². The summed E-state index contributed by atoms with van der Waals surface area (Å²) in [7, 11) is 0. The van der Waals surface area contributed by atoms with Gasteiger partial charge in [-0.3, -0.25) is 9.69 Å². The summed E-state index contributed by atoms with van der Waals surface area (Å²) in [6, 6.07) is 11.0. The zero-order valence-electron chi connectivity index (χ0n) is 23.2. The van der Waals surface area contributed by atoms with Crippen LogP contribution in [0.2, 0.25) is 0 Å². The number of fused-ring (bicyclic) bond motifs is 2. The standard InChI is InChI=1S/C31H28F2N6O4/c1-16-7-28(43-30-22(32)3-2-4-23(30)33)35-12-26(16)39-31(34)21(11-36-39)29(41)25-10-18-8-20-17(9-24(18)37-25)5-6-38(27(20)13-40)19-14-42-15-19/h2-4,7-12,19,27,37,40H,5-6,13-15,34H2,1H3. The molecule has 3 aromatic heterocycles. The highest BCUT2D eigenvalue weighted by molar-refractivity contribution is 6.12. The molecule has 12 heteroatoms. The third kappa shape index (κ3) is 4.63. The first-order valence-electron chi connectivity index (χ1n) is 13.9. The molecule has 4 N–H and O–H groups in total. The summed E-state index contributed by atoms with van der Waals surface area (Å²) in [5.74, 6) is -2.48. The lowest BCUT2D eigenvalue weighted by Crippen LogP contribution is -2.53. The van der Waals surface area contributed by atoms with Crippen molar-refractivity contribution in [1.29, 1.82) is 0 Å². The van der Waals surface area contributed by atoms with Crippen LogP contribution in [-0.4, -0.2) is 67.9 Å². The van der Waals surface area contributed by atoms with Crippen LogP contribution >= 0.6 is 0 Å². The fraction of sp³-hybridized carbons (Fsp3) is 0.258. The van der Waals surface area contributed by atoms with E-state index in [9.17, 15) is 18.7 Å². The Morgan fingerprint density at radius 3 is 2.67 bits per heavy atom. The number of nitrogens with two attached hydrogens (primary N) is 1. The number of hydrogen-bond acceptors (Lipinski definition) is 8.